The predicted octanol–water partition coefficient (Wildman–Crippen LogP) is 1.91. The molecule has 2 unspecified atom stereocenters. The second-order valence-electron chi connectivity index (χ2n) is 5.66. The van der Waals surface area contributed by atoms with Crippen LogP contribution in [0.4, 0.5) is 0 Å². The van der Waals surface area contributed by atoms with E-state index in [2.05, 4.69) is 6.92 Å². The Balaban J connectivity index is 2.46. The number of carbonyl (C=O) groups is 1. The zero-order chi connectivity index (χ0) is 14.1. The Morgan fingerprint density at radius 1 is 1.21 bits per heavy atom. The molecule has 4 heteroatoms. The first-order valence-electron chi connectivity index (χ1n) is 7.86. The molecule has 0 spiro atoms. The first-order valence-corrected chi connectivity index (χ1v) is 7.86. The van der Waals surface area contributed by atoms with Crippen molar-refractivity contribution < 1.29 is 9.90 Å². The monoisotopic (exact) mass is 270 g/mol. The lowest BCUT2D eigenvalue weighted by Crippen LogP contribution is -2.46. The minimum atomic E-state index is -0.0218. The van der Waals surface area contributed by atoms with Crippen molar-refractivity contribution in [1.29, 1.82) is 0 Å². The lowest BCUT2D eigenvalue weighted by atomic mass is 9.84. The van der Waals surface area contributed by atoms with Crippen LogP contribution in [0.25, 0.3) is 0 Å². The Morgan fingerprint density at radius 2 is 1.95 bits per heavy atom. The lowest BCUT2D eigenvalue weighted by Gasteiger charge is -2.32. The van der Waals surface area contributed by atoms with Crippen molar-refractivity contribution in [2.24, 2.45) is 11.7 Å². The molecule has 1 amide bonds. The van der Waals surface area contributed by atoms with Crippen LogP contribution < -0.4 is 5.73 Å². The molecule has 19 heavy (non-hydrogen) atoms. The topological polar surface area (TPSA) is 66.6 Å². The Morgan fingerprint density at radius 3 is 2.58 bits per heavy atom. The van der Waals surface area contributed by atoms with Gasteiger partial charge in [-0.2, -0.15) is 0 Å². The van der Waals surface area contributed by atoms with Gasteiger partial charge in [0.2, 0.25) is 5.91 Å². The number of unbranched alkanes of at least 4 members (excludes halogenated alkanes) is 3. The summed E-state index contributed by atoms with van der Waals surface area (Å²) in [4.78, 5) is 14.3. The van der Waals surface area contributed by atoms with E-state index in [1.165, 1.54) is 12.8 Å². The van der Waals surface area contributed by atoms with Crippen LogP contribution >= 0.6 is 0 Å². The molecule has 2 atom stereocenters. The minimum absolute atomic E-state index is 0.0121. The van der Waals surface area contributed by atoms with E-state index in [-0.39, 0.29) is 24.5 Å². The van der Waals surface area contributed by atoms with Crippen molar-refractivity contribution in [3.8, 4) is 0 Å². The Bertz CT molecular complexity index is 259. The van der Waals surface area contributed by atoms with Crippen LogP contribution in [0.3, 0.4) is 0 Å². The largest absolute Gasteiger partial charge is 0.395 e. The van der Waals surface area contributed by atoms with Crippen molar-refractivity contribution in [1.82, 2.24) is 4.90 Å². The average Bonchev–Trinajstić information content (AvgIpc) is 2.42. The van der Waals surface area contributed by atoms with Crippen molar-refractivity contribution >= 4 is 5.91 Å². The fourth-order valence-electron chi connectivity index (χ4n) is 2.88. The van der Waals surface area contributed by atoms with Gasteiger partial charge in [-0.15, -0.1) is 0 Å². The van der Waals surface area contributed by atoms with Crippen LogP contribution in [-0.4, -0.2) is 41.7 Å². The van der Waals surface area contributed by atoms with Gasteiger partial charge in [-0.3, -0.25) is 4.79 Å². The molecule has 1 aliphatic carbocycles. The Kier molecular flexibility index (Phi) is 8.07. The standard InChI is InChI=1S/C15H30N2O2/c1-2-3-4-7-10-17(11-12-18)15(19)13-8-5-6-9-14(13)16/h13-14,18H,2-12,16H2,1H3. The number of nitrogens with two attached hydrogens (primary N) is 1. The van der Waals surface area contributed by atoms with Crippen LogP contribution in [0.1, 0.15) is 58.3 Å². The van der Waals surface area contributed by atoms with E-state index in [1.54, 1.807) is 0 Å². The highest BCUT2D eigenvalue weighted by molar-refractivity contribution is 5.79. The third kappa shape index (κ3) is 5.49. The van der Waals surface area contributed by atoms with E-state index >= 15 is 0 Å². The summed E-state index contributed by atoms with van der Waals surface area (Å²) in [5.41, 5.74) is 6.08. The van der Waals surface area contributed by atoms with Crippen LogP contribution in [0.15, 0.2) is 0 Å². The molecule has 1 aliphatic rings. The van der Waals surface area contributed by atoms with Crippen LogP contribution in [0, 0.1) is 5.92 Å². The third-order valence-corrected chi connectivity index (χ3v) is 4.10. The molecule has 0 bridgehead atoms. The Hall–Kier alpha value is -0.610. The Labute approximate surface area is 117 Å². The van der Waals surface area contributed by atoms with E-state index in [1.807, 2.05) is 4.90 Å². The second kappa shape index (κ2) is 9.32. The highest BCUT2D eigenvalue weighted by atomic mass is 16.3. The number of hydrogen-bond acceptors (Lipinski definition) is 3. The minimum Gasteiger partial charge on any atom is -0.395 e. The summed E-state index contributed by atoms with van der Waals surface area (Å²) in [6, 6.07) is 0.0121. The molecule has 0 saturated heterocycles. The van der Waals surface area contributed by atoms with Gasteiger partial charge in [0.1, 0.15) is 0 Å². The molecule has 0 aromatic carbocycles. The van der Waals surface area contributed by atoms with Gasteiger partial charge in [-0.05, 0) is 19.3 Å². The molecule has 4 nitrogen and oxygen atoms in total. The molecule has 1 fully saturated rings. The highest BCUT2D eigenvalue weighted by Crippen LogP contribution is 2.25. The molecule has 0 aromatic heterocycles. The average molecular weight is 270 g/mol. The second-order valence-corrected chi connectivity index (χ2v) is 5.66. The quantitative estimate of drug-likeness (QED) is 0.662. The van der Waals surface area contributed by atoms with Gasteiger partial charge in [0.05, 0.1) is 12.5 Å². The molecule has 0 heterocycles. The van der Waals surface area contributed by atoms with E-state index in [0.717, 1.165) is 45.1 Å². The zero-order valence-corrected chi connectivity index (χ0v) is 12.3. The van der Waals surface area contributed by atoms with Crippen LogP contribution in [-0.2, 0) is 4.79 Å². The maximum Gasteiger partial charge on any atom is 0.227 e. The molecule has 112 valence electrons. The maximum atomic E-state index is 12.5. The highest BCUT2D eigenvalue weighted by Gasteiger charge is 2.31. The summed E-state index contributed by atoms with van der Waals surface area (Å²) in [6.07, 6.45) is 8.71. The summed E-state index contributed by atoms with van der Waals surface area (Å²) in [7, 11) is 0. The number of carbonyl (C=O) groups excluding carboxylic acids is 1. The van der Waals surface area contributed by atoms with Crippen molar-refractivity contribution in [3.63, 3.8) is 0 Å². The van der Waals surface area contributed by atoms with Gasteiger partial charge in [0.15, 0.2) is 0 Å². The summed E-state index contributed by atoms with van der Waals surface area (Å²) < 4.78 is 0. The summed E-state index contributed by atoms with van der Waals surface area (Å²) in [5.74, 6) is 0.143. The number of aliphatic hydroxyl groups excluding tert-OH is 1. The molecule has 1 saturated carbocycles. The van der Waals surface area contributed by atoms with Crippen LogP contribution in [0.5, 0.6) is 0 Å². The molecule has 0 aromatic rings. The predicted molar refractivity (Wildman–Crippen MR) is 77.7 cm³/mol. The number of hydrogen-bond donors (Lipinski definition) is 2. The summed E-state index contributed by atoms with van der Waals surface area (Å²) in [6.45, 7) is 3.44. The van der Waals surface area contributed by atoms with E-state index in [4.69, 9.17) is 10.8 Å². The molecule has 1 rings (SSSR count). The molecular formula is C15H30N2O2. The lowest BCUT2D eigenvalue weighted by molar-refractivity contribution is -0.137. The third-order valence-electron chi connectivity index (χ3n) is 4.10. The van der Waals surface area contributed by atoms with Crippen LogP contribution in [0.2, 0.25) is 0 Å². The smallest absolute Gasteiger partial charge is 0.227 e. The fraction of sp³-hybridized carbons (Fsp3) is 0.933. The zero-order valence-electron chi connectivity index (χ0n) is 12.3. The number of rotatable bonds is 8. The van der Waals surface area contributed by atoms with E-state index < -0.39 is 0 Å². The number of nitrogens with zero attached hydrogens (tertiary/aromatic N) is 1. The van der Waals surface area contributed by atoms with Crippen molar-refractivity contribution in [3.05, 3.63) is 0 Å². The van der Waals surface area contributed by atoms with Gasteiger partial charge in [-0.25, -0.2) is 0 Å². The van der Waals surface area contributed by atoms with Gasteiger partial charge in [-0.1, -0.05) is 39.0 Å². The van der Waals surface area contributed by atoms with Crippen molar-refractivity contribution in [2.75, 3.05) is 19.7 Å². The number of amides is 1. The first-order chi connectivity index (χ1) is 9.20. The van der Waals surface area contributed by atoms with Gasteiger partial charge in [0.25, 0.3) is 0 Å². The normalized spacial score (nSPS) is 23.3. The molecule has 0 radical (unpaired) electrons. The maximum absolute atomic E-state index is 12.5. The fourth-order valence-corrected chi connectivity index (χ4v) is 2.88. The van der Waals surface area contributed by atoms with Gasteiger partial charge in [0, 0.05) is 19.1 Å². The number of aliphatic hydroxyl groups is 1. The van der Waals surface area contributed by atoms with E-state index in [9.17, 15) is 4.79 Å². The summed E-state index contributed by atoms with van der Waals surface area (Å²) in [5, 5.41) is 9.13. The van der Waals surface area contributed by atoms with Gasteiger partial charge >= 0.3 is 0 Å². The molecule has 3 N–H and O–H groups in total. The van der Waals surface area contributed by atoms with Crippen molar-refractivity contribution in [2.45, 2.75) is 64.3 Å². The SMILES string of the molecule is CCCCCCN(CCO)C(=O)C1CCCCC1N. The van der Waals surface area contributed by atoms with E-state index in [0.29, 0.717) is 6.54 Å². The first kappa shape index (κ1) is 16.4. The molecule has 0 aliphatic heterocycles. The summed E-state index contributed by atoms with van der Waals surface area (Å²) >= 11 is 0. The van der Waals surface area contributed by atoms with Gasteiger partial charge < -0.3 is 15.7 Å². The molecular weight excluding hydrogens is 240 g/mol.